The van der Waals surface area contributed by atoms with E-state index in [1.165, 1.54) is 13.8 Å². The number of nitrogens with two attached hydrogens (primary N) is 3. The van der Waals surface area contributed by atoms with Crippen molar-refractivity contribution < 1.29 is 38.6 Å². The number of carboxylic acid groups (broad SMARTS) is 1. The van der Waals surface area contributed by atoms with E-state index < -0.39 is 59.2 Å². The summed E-state index contributed by atoms with van der Waals surface area (Å²) in [6.07, 6.45) is 2.25. The van der Waals surface area contributed by atoms with E-state index in [2.05, 4.69) is 20.9 Å². The maximum Gasteiger partial charge on any atom is 0.332 e. The molecular formula is C27H49N7O8. The second-order valence-corrected chi connectivity index (χ2v) is 10.7. The lowest BCUT2D eigenvalue weighted by Gasteiger charge is -2.34. The normalized spacial score (nSPS) is 19.7. The maximum atomic E-state index is 13.1. The molecule has 0 bridgehead atoms. The second kappa shape index (κ2) is 18.6. The van der Waals surface area contributed by atoms with Gasteiger partial charge in [0.25, 0.3) is 5.97 Å². The number of nitrogens with zero attached hydrogens (tertiary/aromatic N) is 1. The zero-order chi connectivity index (χ0) is 32.6. The monoisotopic (exact) mass is 599 g/mol. The van der Waals surface area contributed by atoms with Gasteiger partial charge in [-0.05, 0) is 65.2 Å². The first kappa shape index (κ1) is 38.2. The fourth-order valence-electron chi connectivity index (χ4n) is 4.63. The number of nitrogens with one attached hydrogen (secondary N) is 3. The number of guanidine groups is 1. The molecule has 0 saturated heterocycles. The molecule has 1 aliphatic rings. The molecular weight excluding hydrogens is 550 g/mol. The Morgan fingerprint density at radius 3 is 2.12 bits per heavy atom. The summed E-state index contributed by atoms with van der Waals surface area (Å²) in [4.78, 5) is 76.9. The molecule has 0 radical (unpaired) electrons. The van der Waals surface area contributed by atoms with Crippen molar-refractivity contribution >= 4 is 41.4 Å². The van der Waals surface area contributed by atoms with Gasteiger partial charge in [-0.2, -0.15) is 0 Å². The van der Waals surface area contributed by atoms with E-state index in [4.69, 9.17) is 31.8 Å². The zero-order valence-corrected chi connectivity index (χ0v) is 25.5. The summed E-state index contributed by atoms with van der Waals surface area (Å²) in [5, 5.41) is 15.4. The lowest BCUT2D eigenvalue weighted by molar-refractivity contribution is -0.157. The Bertz CT molecular complexity index is 980. The van der Waals surface area contributed by atoms with Crippen LogP contribution in [-0.4, -0.2) is 83.3 Å². The topological polar surface area (TPSA) is 258 Å². The van der Waals surface area contributed by atoms with E-state index in [1.807, 2.05) is 13.8 Å². The van der Waals surface area contributed by atoms with Gasteiger partial charge < -0.3 is 43.0 Å². The fraction of sp³-hybridized carbons (Fsp3) is 0.741. The van der Waals surface area contributed by atoms with Crippen LogP contribution in [0.15, 0.2) is 4.99 Å². The molecule has 240 valence electrons. The Balaban J connectivity index is 0.00000393. The van der Waals surface area contributed by atoms with Crippen LogP contribution >= 0.6 is 0 Å². The van der Waals surface area contributed by atoms with Crippen LogP contribution in [0, 0.1) is 11.8 Å². The molecule has 3 amide bonds. The number of ketones is 1. The Kier molecular flexibility index (Phi) is 17.0. The number of aliphatic imine (C=N–C) groups is 1. The molecule has 15 nitrogen and oxygen atoms in total. The molecule has 0 aliphatic heterocycles. The van der Waals surface area contributed by atoms with Crippen LogP contribution in [0.4, 0.5) is 0 Å². The van der Waals surface area contributed by atoms with Gasteiger partial charge in [-0.25, -0.2) is 4.79 Å². The number of amides is 3. The molecule has 2 unspecified atom stereocenters. The summed E-state index contributed by atoms with van der Waals surface area (Å²) in [6.45, 7) is 9.74. The standard InChI is InChI=1S/C25H45N7O6.C2H4O2/c1-6-38-23(37)25(11-7-9-17(25)16(5)33)32-20(34)15(4)30-22(36)19(10-8-12-29-24(27)28)31-21(35)18(26)13-14(2)3;1-2(3)4/h14-15,17-19H,6-13,26H2,1-5H3,(H,30,36)(H,31,35)(H,32,34)(H4,27,28,29);1H3,(H,3,4)/t15-,17?,18-,19-,25?;/m0./s1. The molecule has 0 aromatic rings. The first-order valence-corrected chi connectivity index (χ1v) is 14.1. The molecule has 0 aromatic heterocycles. The highest BCUT2D eigenvalue weighted by Crippen LogP contribution is 2.37. The average Bonchev–Trinajstić information content (AvgIpc) is 3.29. The lowest BCUT2D eigenvalue weighted by Crippen LogP contribution is -2.63. The van der Waals surface area contributed by atoms with E-state index in [-0.39, 0.29) is 43.7 Å². The Morgan fingerprint density at radius 2 is 1.62 bits per heavy atom. The molecule has 10 N–H and O–H groups in total. The molecule has 0 heterocycles. The smallest absolute Gasteiger partial charge is 0.332 e. The molecule has 0 aromatic carbocycles. The van der Waals surface area contributed by atoms with E-state index in [0.717, 1.165) is 6.92 Å². The minimum atomic E-state index is -1.49. The van der Waals surface area contributed by atoms with E-state index in [9.17, 15) is 24.0 Å². The molecule has 1 saturated carbocycles. The quantitative estimate of drug-likeness (QED) is 0.0536. The number of carboxylic acids is 1. The molecule has 1 aliphatic carbocycles. The lowest BCUT2D eigenvalue weighted by atomic mass is 9.84. The van der Waals surface area contributed by atoms with E-state index in [1.54, 1.807) is 6.92 Å². The molecule has 1 rings (SSSR count). The summed E-state index contributed by atoms with van der Waals surface area (Å²) in [5.74, 6) is -4.13. The van der Waals surface area contributed by atoms with Gasteiger partial charge in [0.15, 0.2) is 5.96 Å². The summed E-state index contributed by atoms with van der Waals surface area (Å²) in [5.41, 5.74) is 15.2. The van der Waals surface area contributed by atoms with Crippen LogP contribution in [0.3, 0.4) is 0 Å². The predicted molar refractivity (Wildman–Crippen MR) is 156 cm³/mol. The van der Waals surface area contributed by atoms with Crippen molar-refractivity contribution in [3.05, 3.63) is 0 Å². The van der Waals surface area contributed by atoms with Gasteiger partial charge in [-0.3, -0.25) is 29.0 Å². The highest BCUT2D eigenvalue weighted by molar-refractivity contribution is 5.98. The molecule has 1 fully saturated rings. The van der Waals surface area contributed by atoms with Gasteiger partial charge in [-0.1, -0.05) is 13.8 Å². The fourth-order valence-corrected chi connectivity index (χ4v) is 4.63. The molecule has 42 heavy (non-hydrogen) atoms. The third-order valence-electron chi connectivity index (χ3n) is 6.53. The molecule has 0 spiro atoms. The Labute approximate surface area is 247 Å². The third-order valence-corrected chi connectivity index (χ3v) is 6.53. The van der Waals surface area contributed by atoms with Crippen LogP contribution < -0.4 is 33.2 Å². The van der Waals surface area contributed by atoms with Crippen LogP contribution in [0.25, 0.3) is 0 Å². The largest absolute Gasteiger partial charge is 0.481 e. The summed E-state index contributed by atoms with van der Waals surface area (Å²) in [6, 6.07) is -2.89. The predicted octanol–water partition coefficient (Wildman–Crippen LogP) is -0.699. The van der Waals surface area contributed by atoms with Gasteiger partial charge in [0.1, 0.15) is 23.4 Å². The number of Topliss-reactive ketones (excluding diaryl/α,β-unsaturated/α-hetero) is 1. The van der Waals surface area contributed by atoms with Crippen LogP contribution in [-0.2, 0) is 33.5 Å². The van der Waals surface area contributed by atoms with Gasteiger partial charge in [0, 0.05) is 13.5 Å². The summed E-state index contributed by atoms with van der Waals surface area (Å²) >= 11 is 0. The number of hydrogen-bond donors (Lipinski definition) is 7. The van der Waals surface area contributed by atoms with Gasteiger partial charge >= 0.3 is 5.97 Å². The first-order chi connectivity index (χ1) is 19.5. The number of carbonyl (C=O) groups excluding carboxylic acids is 5. The minimum Gasteiger partial charge on any atom is -0.481 e. The van der Waals surface area contributed by atoms with Crippen molar-refractivity contribution in [1.29, 1.82) is 0 Å². The third kappa shape index (κ3) is 13.3. The van der Waals surface area contributed by atoms with Crippen molar-refractivity contribution in [2.24, 2.45) is 34.0 Å². The average molecular weight is 600 g/mol. The van der Waals surface area contributed by atoms with Crippen LogP contribution in [0.2, 0.25) is 0 Å². The minimum absolute atomic E-state index is 0.0908. The summed E-state index contributed by atoms with van der Waals surface area (Å²) in [7, 11) is 0. The Morgan fingerprint density at radius 1 is 1.02 bits per heavy atom. The van der Waals surface area contributed by atoms with Crippen molar-refractivity contribution in [3.63, 3.8) is 0 Å². The number of aliphatic carboxylic acids is 1. The highest BCUT2D eigenvalue weighted by atomic mass is 16.5. The number of esters is 1. The number of hydrogen-bond acceptors (Lipinski definition) is 9. The van der Waals surface area contributed by atoms with E-state index in [0.29, 0.717) is 25.7 Å². The Hall–Kier alpha value is -3.75. The van der Waals surface area contributed by atoms with Gasteiger partial charge in [-0.15, -0.1) is 0 Å². The highest BCUT2D eigenvalue weighted by Gasteiger charge is 2.53. The van der Waals surface area contributed by atoms with Crippen molar-refractivity contribution in [3.8, 4) is 0 Å². The van der Waals surface area contributed by atoms with E-state index >= 15 is 0 Å². The van der Waals surface area contributed by atoms with Crippen LogP contribution in [0.1, 0.15) is 80.1 Å². The first-order valence-electron chi connectivity index (χ1n) is 14.1. The van der Waals surface area contributed by atoms with Gasteiger partial charge in [0.2, 0.25) is 17.7 Å². The summed E-state index contributed by atoms with van der Waals surface area (Å²) < 4.78 is 5.19. The van der Waals surface area contributed by atoms with Crippen molar-refractivity contribution in [1.82, 2.24) is 16.0 Å². The maximum absolute atomic E-state index is 13.1. The number of carbonyl (C=O) groups is 6. The van der Waals surface area contributed by atoms with Crippen LogP contribution in [0.5, 0.6) is 0 Å². The van der Waals surface area contributed by atoms with Crippen molar-refractivity contribution in [2.75, 3.05) is 13.2 Å². The number of rotatable bonds is 15. The number of ether oxygens (including phenoxy) is 1. The second-order valence-electron chi connectivity index (χ2n) is 10.7. The van der Waals surface area contributed by atoms with Crippen molar-refractivity contribution in [2.45, 2.75) is 104 Å². The molecule has 5 atom stereocenters. The molecule has 15 heteroatoms. The SMILES string of the molecule is CC(=O)O.CCOC(=O)C1(NC(=O)[C@H](C)NC(=O)[C@H](CCCN=C(N)N)NC(=O)[C@@H](N)CC(C)C)CCCC1C(C)=O. The zero-order valence-electron chi connectivity index (χ0n) is 25.5. The van der Waals surface area contributed by atoms with Gasteiger partial charge in [0.05, 0.1) is 18.6 Å².